The maximum atomic E-state index is 11.8. The van der Waals surface area contributed by atoms with Crippen molar-refractivity contribution in [2.24, 2.45) is 0 Å². The standard InChI is InChI=1S/C15H14O4S/c1-2-3-6-9-18-13(16)10-14-19-15(17)11-7-4-5-8-12(11)20-14/h1,4-5,7-8,14H,3,6,9-10H2. The molecule has 0 spiro atoms. The van der Waals surface area contributed by atoms with Gasteiger partial charge in [-0.1, -0.05) is 23.9 Å². The van der Waals surface area contributed by atoms with E-state index in [1.807, 2.05) is 12.1 Å². The number of hydrogen-bond donors (Lipinski definition) is 0. The molecule has 4 nitrogen and oxygen atoms in total. The lowest BCUT2D eigenvalue weighted by Gasteiger charge is -2.23. The fourth-order valence-electron chi connectivity index (χ4n) is 1.73. The summed E-state index contributed by atoms with van der Waals surface area (Å²) in [6.07, 6.45) is 6.37. The van der Waals surface area contributed by atoms with Gasteiger partial charge in [0.05, 0.1) is 18.6 Å². The van der Waals surface area contributed by atoms with Gasteiger partial charge in [-0.2, -0.15) is 0 Å². The largest absolute Gasteiger partial charge is 0.466 e. The molecule has 1 unspecified atom stereocenters. The number of esters is 2. The van der Waals surface area contributed by atoms with Crippen molar-refractivity contribution >= 4 is 23.7 Å². The summed E-state index contributed by atoms with van der Waals surface area (Å²) < 4.78 is 10.2. The van der Waals surface area contributed by atoms with E-state index >= 15 is 0 Å². The number of rotatable bonds is 5. The molecule has 104 valence electrons. The predicted molar refractivity (Wildman–Crippen MR) is 75.1 cm³/mol. The second-order valence-corrected chi connectivity index (χ2v) is 5.38. The van der Waals surface area contributed by atoms with Gasteiger partial charge < -0.3 is 9.47 Å². The molecule has 0 fully saturated rings. The Morgan fingerprint density at radius 2 is 2.25 bits per heavy atom. The second kappa shape index (κ2) is 7.01. The first-order valence-corrected chi connectivity index (χ1v) is 7.14. The number of carbonyl (C=O) groups is 2. The Hall–Kier alpha value is -1.93. The highest BCUT2D eigenvalue weighted by Gasteiger charge is 2.28. The zero-order chi connectivity index (χ0) is 14.4. The summed E-state index contributed by atoms with van der Waals surface area (Å²) in [5.41, 5.74) is 0.00803. The summed E-state index contributed by atoms with van der Waals surface area (Å²) >= 11 is 1.36. The Morgan fingerprint density at radius 3 is 3.05 bits per heavy atom. The molecule has 1 aromatic rings. The first kappa shape index (κ1) is 14.5. The Kier molecular flexibility index (Phi) is 5.08. The number of fused-ring (bicyclic) bond motifs is 1. The Morgan fingerprint density at radius 1 is 1.45 bits per heavy atom. The minimum absolute atomic E-state index is 0.0425. The van der Waals surface area contributed by atoms with Gasteiger partial charge in [0, 0.05) is 11.3 Å². The lowest BCUT2D eigenvalue weighted by molar-refractivity contribution is -0.144. The smallest absolute Gasteiger partial charge is 0.340 e. The molecule has 0 bridgehead atoms. The van der Waals surface area contributed by atoms with Gasteiger partial charge in [0.2, 0.25) is 0 Å². The van der Waals surface area contributed by atoms with Crippen molar-refractivity contribution in [3.05, 3.63) is 29.8 Å². The number of terminal acetylenes is 1. The van der Waals surface area contributed by atoms with Crippen LogP contribution in [0.25, 0.3) is 0 Å². The van der Waals surface area contributed by atoms with Crippen LogP contribution < -0.4 is 0 Å². The molecule has 20 heavy (non-hydrogen) atoms. The average Bonchev–Trinajstić information content (AvgIpc) is 2.44. The fourth-order valence-corrected chi connectivity index (χ4v) is 2.80. The minimum atomic E-state index is -0.530. The number of unbranched alkanes of at least 4 members (excludes halogenated alkanes) is 1. The van der Waals surface area contributed by atoms with Gasteiger partial charge in [-0.25, -0.2) is 4.79 Å². The predicted octanol–water partition coefficient (Wildman–Crippen LogP) is 2.62. The van der Waals surface area contributed by atoms with Crippen LogP contribution in [0.1, 0.15) is 29.6 Å². The van der Waals surface area contributed by atoms with Crippen molar-refractivity contribution < 1.29 is 19.1 Å². The number of ether oxygens (including phenoxy) is 2. The van der Waals surface area contributed by atoms with Crippen LogP contribution in [0.3, 0.4) is 0 Å². The van der Waals surface area contributed by atoms with Gasteiger partial charge in [0.15, 0.2) is 5.44 Å². The molecule has 1 atom stereocenters. The van der Waals surface area contributed by atoms with E-state index in [2.05, 4.69) is 5.92 Å². The molecule has 1 aliphatic heterocycles. The highest BCUT2D eigenvalue weighted by molar-refractivity contribution is 8.00. The van der Waals surface area contributed by atoms with Gasteiger partial charge in [0.25, 0.3) is 0 Å². The van der Waals surface area contributed by atoms with E-state index in [4.69, 9.17) is 15.9 Å². The Labute approximate surface area is 121 Å². The van der Waals surface area contributed by atoms with E-state index < -0.39 is 11.4 Å². The number of cyclic esters (lactones) is 1. The zero-order valence-corrected chi connectivity index (χ0v) is 11.7. The van der Waals surface area contributed by atoms with Crippen LogP contribution in [-0.2, 0) is 14.3 Å². The Balaban J connectivity index is 1.85. The third-order valence-electron chi connectivity index (χ3n) is 2.67. The van der Waals surface area contributed by atoms with Crippen LogP contribution in [0.4, 0.5) is 0 Å². The molecule has 0 N–H and O–H groups in total. The topological polar surface area (TPSA) is 52.6 Å². The summed E-state index contributed by atoms with van der Waals surface area (Å²) in [6, 6.07) is 7.17. The summed E-state index contributed by atoms with van der Waals surface area (Å²) in [6.45, 7) is 0.297. The van der Waals surface area contributed by atoms with Crippen LogP contribution in [0, 0.1) is 12.3 Å². The van der Waals surface area contributed by atoms with E-state index in [1.165, 1.54) is 11.8 Å². The molecule has 0 aliphatic carbocycles. The molecule has 2 rings (SSSR count). The Bertz CT molecular complexity index is 547. The molecule has 0 saturated heterocycles. The van der Waals surface area contributed by atoms with Gasteiger partial charge >= 0.3 is 11.9 Å². The molecule has 0 aromatic heterocycles. The number of hydrogen-bond acceptors (Lipinski definition) is 5. The summed E-state index contributed by atoms with van der Waals surface area (Å²) in [5, 5.41) is 0. The van der Waals surface area contributed by atoms with Crippen LogP contribution >= 0.6 is 11.8 Å². The second-order valence-electron chi connectivity index (χ2n) is 4.18. The minimum Gasteiger partial charge on any atom is -0.466 e. The van der Waals surface area contributed by atoms with E-state index in [0.717, 1.165) is 4.90 Å². The lowest BCUT2D eigenvalue weighted by atomic mass is 10.2. The fraction of sp³-hybridized carbons (Fsp3) is 0.333. The maximum absolute atomic E-state index is 11.8. The normalized spacial score (nSPS) is 16.8. The SMILES string of the molecule is C#CCCCOC(=O)CC1OC(=O)c2ccccc2S1. The van der Waals surface area contributed by atoms with Crippen LogP contribution in [0.2, 0.25) is 0 Å². The molecular formula is C15H14O4S. The van der Waals surface area contributed by atoms with E-state index in [0.29, 0.717) is 25.0 Å². The van der Waals surface area contributed by atoms with Crippen molar-refractivity contribution in [2.75, 3.05) is 6.61 Å². The summed E-state index contributed by atoms with van der Waals surface area (Å²) in [5.74, 6) is 1.69. The third kappa shape index (κ3) is 3.78. The van der Waals surface area contributed by atoms with Gasteiger partial charge in [0.1, 0.15) is 0 Å². The molecule has 1 aromatic carbocycles. The van der Waals surface area contributed by atoms with Gasteiger partial charge in [-0.05, 0) is 18.6 Å². The third-order valence-corrected chi connectivity index (χ3v) is 3.80. The number of thioether (sulfide) groups is 1. The first-order valence-electron chi connectivity index (χ1n) is 6.26. The van der Waals surface area contributed by atoms with Gasteiger partial charge in [-0.15, -0.1) is 12.3 Å². The highest BCUT2D eigenvalue weighted by Crippen LogP contribution is 2.34. The van der Waals surface area contributed by atoms with Gasteiger partial charge in [-0.3, -0.25) is 4.79 Å². The van der Waals surface area contributed by atoms with Crippen LogP contribution in [-0.4, -0.2) is 24.0 Å². The first-order chi connectivity index (χ1) is 9.70. The molecule has 0 amide bonds. The number of benzene rings is 1. The van der Waals surface area contributed by atoms with Crippen LogP contribution in [0.5, 0.6) is 0 Å². The zero-order valence-electron chi connectivity index (χ0n) is 10.8. The molecule has 0 saturated carbocycles. The van der Waals surface area contributed by atoms with Crippen LogP contribution in [0.15, 0.2) is 29.2 Å². The maximum Gasteiger partial charge on any atom is 0.340 e. The van der Waals surface area contributed by atoms with E-state index in [-0.39, 0.29) is 12.4 Å². The van der Waals surface area contributed by atoms with Crippen molar-refractivity contribution in [1.29, 1.82) is 0 Å². The monoisotopic (exact) mass is 290 g/mol. The van der Waals surface area contributed by atoms with Crippen molar-refractivity contribution in [3.8, 4) is 12.3 Å². The molecule has 5 heteroatoms. The van der Waals surface area contributed by atoms with Crippen molar-refractivity contribution in [3.63, 3.8) is 0 Å². The highest BCUT2D eigenvalue weighted by atomic mass is 32.2. The molecule has 1 heterocycles. The summed E-state index contributed by atoms with van der Waals surface area (Å²) in [7, 11) is 0. The molecule has 1 aliphatic rings. The lowest BCUT2D eigenvalue weighted by Crippen LogP contribution is -2.24. The number of carbonyl (C=O) groups excluding carboxylic acids is 2. The van der Waals surface area contributed by atoms with E-state index in [1.54, 1.807) is 12.1 Å². The molecular weight excluding hydrogens is 276 g/mol. The van der Waals surface area contributed by atoms with Crippen molar-refractivity contribution in [1.82, 2.24) is 0 Å². The average molecular weight is 290 g/mol. The van der Waals surface area contributed by atoms with Crippen molar-refractivity contribution in [2.45, 2.75) is 29.6 Å². The molecule has 0 radical (unpaired) electrons. The quantitative estimate of drug-likeness (QED) is 0.474. The summed E-state index contributed by atoms with van der Waals surface area (Å²) in [4.78, 5) is 24.2. The van der Waals surface area contributed by atoms with E-state index in [9.17, 15) is 9.59 Å².